The molecule has 1 saturated carbocycles. The van der Waals surface area contributed by atoms with Crippen LogP contribution >= 0.6 is 23.8 Å². The normalized spacial score (nSPS) is 22.3. The summed E-state index contributed by atoms with van der Waals surface area (Å²) >= 11 is 11.9. The number of thiocarbonyl (C=S) groups is 1. The summed E-state index contributed by atoms with van der Waals surface area (Å²) in [5.41, 5.74) is 3.27. The van der Waals surface area contributed by atoms with E-state index >= 15 is 0 Å². The Morgan fingerprint density at radius 1 is 1.00 bits per heavy atom. The number of hydrogen-bond acceptors (Lipinski definition) is 2. The van der Waals surface area contributed by atoms with Gasteiger partial charge in [0.2, 0.25) is 0 Å². The summed E-state index contributed by atoms with van der Waals surface area (Å²) < 4.78 is 2.41. The third kappa shape index (κ3) is 3.72. The Labute approximate surface area is 187 Å². The standard InChI is InChI=1S/C24H25ClN4S/c25-18-9-11-20(12-10-18)29-23(22(27-24(29)30)21-8-4-5-14-26-21)17-13-15-28(16-17)19-6-2-1-3-7-19/h4-5,8-16,19,22-23H,1-3,6-7H2,(H,27,30)/t22-,23-/m0/s1. The molecule has 3 aromatic rings. The zero-order valence-electron chi connectivity index (χ0n) is 16.7. The van der Waals surface area contributed by atoms with Crippen LogP contribution in [0.4, 0.5) is 5.69 Å². The maximum absolute atomic E-state index is 6.14. The average molecular weight is 437 g/mol. The first-order valence-electron chi connectivity index (χ1n) is 10.6. The molecule has 2 aliphatic rings. The number of nitrogens with one attached hydrogen (secondary N) is 1. The molecule has 0 radical (unpaired) electrons. The molecular formula is C24H25ClN4S. The molecule has 1 N–H and O–H groups in total. The van der Waals surface area contributed by atoms with Crippen LogP contribution in [0.5, 0.6) is 0 Å². The Morgan fingerprint density at radius 3 is 2.53 bits per heavy atom. The second-order valence-corrected chi connectivity index (χ2v) is 8.98. The van der Waals surface area contributed by atoms with Gasteiger partial charge in [-0.2, -0.15) is 0 Å². The van der Waals surface area contributed by atoms with Gasteiger partial charge in [0.05, 0.1) is 17.8 Å². The molecule has 1 aromatic carbocycles. The highest BCUT2D eigenvalue weighted by atomic mass is 35.5. The van der Waals surface area contributed by atoms with Crippen molar-refractivity contribution in [1.29, 1.82) is 0 Å². The summed E-state index contributed by atoms with van der Waals surface area (Å²) in [4.78, 5) is 6.83. The quantitative estimate of drug-likeness (QED) is 0.492. The molecule has 4 nitrogen and oxygen atoms in total. The molecule has 1 aliphatic carbocycles. The third-order valence-electron chi connectivity index (χ3n) is 6.28. The lowest BCUT2D eigenvalue weighted by Gasteiger charge is -2.28. The van der Waals surface area contributed by atoms with Crippen LogP contribution in [-0.2, 0) is 0 Å². The average Bonchev–Trinajstić information content (AvgIpc) is 3.40. The first-order valence-corrected chi connectivity index (χ1v) is 11.4. The Kier molecular flexibility index (Phi) is 5.48. The minimum atomic E-state index is -0.0171. The Bertz CT molecular complexity index is 1010. The minimum Gasteiger partial charge on any atom is -0.351 e. The van der Waals surface area contributed by atoms with Crippen LogP contribution in [0, 0.1) is 0 Å². The molecule has 1 saturated heterocycles. The lowest BCUT2D eigenvalue weighted by Crippen LogP contribution is -2.29. The third-order valence-corrected chi connectivity index (χ3v) is 6.84. The van der Waals surface area contributed by atoms with E-state index in [1.165, 1.54) is 37.7 Å². The number of rotatable bonds is 4. The van der Waals surface area contributed by atoms with Crippen molar-refractivity contribution < 1.29 is 0 Å². The molecular weight excluding hydrogens is 412 g/mol. The minimum absolute atomic E-state index is 0.0171. The Morgan fingerprint density at radius 2 is 1.80 bits per heavy atom. The van der Waals surface area contributed by atoms with Gasteiger partial charge in [-0.15, -0.1) is 0 Å². The van der Waals surface area contributed by atoms with Crippen molar-refractivity contribution in [2.45, 2.75) is 50.2 Å². The second kappa shape index (κ2) is 8.40. The molecule has 6 heteroatoms. The molecule has 1 aliphatic heterocycles. The summed E-state index contributed by atoms with van der Waals surface area (Å²) in [7, 11) is 0. The van der Waals surface area contributed by atoms with E-state index in [0.717, 1.165) is 16.4 Å². The van der Waals surface area contributed by atoms with Crippen LogP contribution < -0.4 is 10.2 Å². The molecule has 2 fully saturated rings. The van der Waals surface area contributed by atoms with Gasteiger partial charge in [0.1, 0.15) is 0 Å². The predicted molar refractivity (Wildman–Crippen MR) is 126 cm³/mol. The molecule has 2 atom stereocenters. The van der Waals surface area contributed by atoms with Crippen molar-refractivity contribution in [3.8, 4) is 0 Å². The summed E-state index contributed by atoms with van der Waals surface area (Å²) in [6.45, 7) is 0. The van der Waals surface area contributed by atoms with Crippen molar-refractivity contribution in [2.75, 3.05) is 4.90 Å². The van der Waals surface area contributed by atoms with Crippen molar-refractivity contribution in [3.63, 3.8) is 0 Å². The van der Waals surface area contributed by atoms with Crippen LogP contribution in [0.15, 0.2) is 67.1 Å². The first-order chi connectivity index (χ1) is 14.7. The van der Waals surface area contributed by atoms with E-state index in [1.54, 1.807) is 0 Å². The van der Waals surface area contributed by atoms with Crippen molar-refractivity contribution in [1.82, 2.24) is 14.9 Å². The summed E-state index contributed by atoms with van der Waals surface area (Å²) in [5.74, 6) is 0. The highest BCUT2D eigenvalue weighted by molar-refractivity contribution is 7.80. The fourth-order valence-corrected chi connectivity index (χ4v) is 5.26. The van der Waals surface area contributed by atoms with Crippen molar-refractivity contribution in [2.24, 2.45) is 0 Å². The molecule has 3 heterocycles. The number of benzene rings is 1. The molecule has 0 amide bonds. The molecule has 30 heavy (non-hydrogen) atoms. The van der Waals surface area contributed by atoms with Gasteiger partial charge in [-0.25, -0.2) is 0 Å². The zero-order valence-corrected chi connectivity index (χ0v) is 18.3. The van der Waals surface area contributed by atoms with Crippen LogP contribution in [0.25, 0.3) is 0 Å². The number of anilines is 1. The monoisotopic (exact) mass is 436 g/mol. The lowest BCUT2D eigenvalue weighted by molar-refractivity contribution is 0.353. The summed E-state index contributed by atoms with van der Waals surface area (Å²) in [5, 5.41) is 4.96. The number of hydrogen-bond donors (Lipinski definition) is 1. The van der Waals surface area contributed by atoms with E-state index in [4.69, 9.17) is 23.8 Å². The lowest BCUT2D eigenvalue weighted by atomic mass is 9.95. The smallest absolute Gasteiger partial charge is 0.174 e. The number of halogens is 1. The SMILES string of the molecule is S=C1N[C@@H](c2ccccn2)[C@H](c2ccn(C3CCCCC3)c2)N1c1ccc(Cl)cc1. The van der Waals surface area contributed by atoms with E-state index in [2.05, 4.69) is 44.3 Å². The van der Waals surface area contributed by atoms with Gasteiger partial charge in [0.25, 0.3) is 0 Å². The van der Waals surface area contributed by atoms with E-state index in [-0.39, 0.29) is 12.1 Å². The van der Waals surface area contributed by atoms with Gasteiger partial charge in [-0.05, 0) is 73.1 Å². The van der Waals surface area contributed by atoms with Crippen LogP contribution in [0.3, 0.4) is 0 Å². The van der Waals surface area contributed by atoms with E-state index in [9.17, 15) is 0 Å². The highest BCUT2D eigenvalue weighted by Crippen LogP contribution is 2.42. The van der Waals surface area contributed by atoms with Gasteiger partial charge < -0.3 is 14.8 Å². The van der Waals surface area contributed by atoms with Gasteiger partial charge >= 0.3 is 0 Å². The topological polar surface area (TPSA) is 33.1 Å². The molecule has 2 aromatic heterocycles. The maximum Gasteiger partial charge on any atom is 0.174 e. The molecule has 0 unspecified atom stereocenters. The maximum atomic E-state index is 6.14. The fourth-order valence-electron chi connectivity index (χ4n) is 4.79. The van der Waals surface area contributed by atoms with Crippen LogP contribution in [0.2, 0.25) is 5.02 Å². The molecule has 154 valence electrons. The van der Waals surface area contributed by atoms with E-state index in [1.807, 2.05) is 42.6 Å². The summed E-state index contributed by atoms with van der Waals surface area (Å²) in [6.07, 6.45) is 12.9. The largest absolute Gasteiger partial charge is 0.351 e. The molecule has 5 rings (SSSR count). The number of nitrogens with zero attached hydrogens (tertiary/aromatic N) is 3. The predicted octanol–water partition coefficient (Wildman–Crippen LogP) is 6.22. The van der Waals surface area contributed by atoms with Gasteiger partial charge in [-0.1, -0.05) is 36.9 Å². The molecule has 0 spiro atoms. The Balaban J connectivity index is 1.54. The van der Waals surface area contributed by atoms with Gasteiger partial charge in [-0.3, -0.25) is 4.98 Å². The zero-order chi connectivity index (χ0) is 20.5. The number of pyridine rings is 1. The van der Waals surface area contributed by atoms with Gasteiger partial charge in [0, 0.05) is 35.3 Å². The van der Waals surface area contributed by atoms with Gasteiger partial charge in [0.15, 0.2) is 5.11 Å². The Hall–Kier alpha value is -2.37. The first kappa shape index (κ1) is 19.6. The van der Waals surface area contributed by atoms with Crippen LogP contribution in [0.1, 0.15) is 61.5 Å². The second-order valence-electron chi connectivity index (χ2n) is 8.16. The van der Waals surface area contributed by atoms with Crippen molar-refractivity contribution in [3.05, 3.63) is 83.4 Å². The van der Waals surface area contributed by atoms with E-state index < -0.39 is 0 Å². The van der Waals surface area contributed by atoms with Crippen LogP contribution in [-0.4, -0.2) is 14.7 Å². The summed E-state index contributed by atoms with van der Waals surface area (Å²) in [6, 6.07) is 16.8. The fraction of sp³-hybridized carbons (Fsp3) is 0.333. The molecule has 0 bridgehead atoms. The van der Waals surface area contributed by atoms with E-state index in [0.29, 0.717) is 11.2 Å². The highest BCUT2D eigenvalue weighted by Gasteiger charge is 2.41. The van der Waals surface area contributed by atoms with Crippen molar-refractivity contribution >= 4 is 34.6 Å². The number of aromatic nitrogens is 2.